The van der Waals surface area contributed by atoms with Crippen LogP contribution in [0.3, 0.4) is 0 Å². The van der Waals surface area contributed by atoms with E-state index in [0.717, 1.165) is 11.1 Å². The van der Waals surface area contributed by atoms with Gasteiger partial charge in [-0.05, 0) is 50.1 Å². The molecule has 0 aliphatic carbocycles. The van der Waals surface area contributed by atoms with Crippen molar-refractivity contribution in [3.8, 4) is 37.0 Å². The van der Waals surface area contributed by atoms with E-state index in [1.165, 1.54) is 13.0 Å². The van der Waals surface area contributed by atoms with Gasteiger partial charge in [0.15, 0.2) is 0 Å². The lowest BCUT2D eigenvalue weighted by molar-refractivity contribution is 0.175. The van der Waals surface area contributed by atoms with Crippen LogP contribution in [0.15, 0.2) is 36.0 Å². The fraction of sp³-hybridized carbons (Fsp3) is 0.333. The number of hydrogen-bond donors (Lipinski definition) is 3. The van der Waals surface area contributed by atoms with Gasteiger partial charge in [-0.2, -0.15) is 0 Å². The second-order valence-corrected chi connectivity index (χ2v) is 3.92. The van der Waals surface area contributed by atoms with Crippen molar-refractivity contribution in [1.82, 2.24) is 0 Å². The molecule has 0 aromatic carbocycles. The Bertz CT molecular complexity index is 436. The summed E-state index contributed by atoms with van der Waals surface area (Å²) in [5.41, 5.74) is 0.435. The predicted octanol–water partition coefficient (Wildman–Crippen LogP) is 1.79. The average molecular weight is 289 g/mol. The third-order valence-electron chi connectivity index (χ3n) is 1.94. The van der Waals surface area contributed by atoms with Crippen LogP contribution in [0, 0.1) is 37.0 Å². The van der Waals surface area contributed by atoms with Crippen LogP contribution in [0.5, 0.6) is 0 Å². The highest BCUT2D eigenvalue weighted by molar-refractivity contribution is 5.22. The van der Waals surface area contributed by atoms with Crippen molar-refractivity contribution in [2.45, 2.75) is 26.4 Å². The van der Waals surface area contributed by atoms with E-state index < -0.39 is 5.60 Å². The second-order valence-electron chi connectivity index (χ2n) is 3.92. The molecule has 3 heteroatoms. The first-order chi connectivity index (χ1) is 9.74. The highest BCUT2D eigenvalue weighted by Gasteiger charge is 2.07. The number of aliphatic hydroxyl groups excluding tert-OH is 2. The van der Waals surface area contributed by atoms with E-state index in [9.17, 15) is 0 Å². The van der Waals surface area contributed by atoms with Crippen LogP contribution in [0.25, 0.3) is 0 Å². The minimum absolute atomic E-state index is 0. The van der Waals surface area contributed by atoms with Gasteiger partial charge in [-0.3, -0.25) is 0 Å². The van der Waals surface area contributed by atoms with Crippen molar-refractivity contribution in [2.24, 2.45) is 0 Å². The number of hydrogen-bond acceptors (Lipinski definition) is 3. The molecule has 0 radical (unpaired) electrons. The summed E-state index contributed by atoms with van der Waals surface area (Å²) < 4.78 is 0. The van der Waals surface area contributed by atoms with Crippen molar-refractivity contribution in [2.75, 3.05) is 13.2 Å². The molecule has 1 unspecified atom stereocenters. The van der Waals surface area contributed by atoms with E-state index in [1.54, 1.807) is 26.0 Å². The smallest absolute Gasteiger partial charge is 0.392 e. The number of terminal acetylenes is 3. The van der Waals surface area contributed by atoms with Crippen molar-refractivity contribution in [3.05, 3.63) is 36.0 Å². The maximum atomic E-state index is 8.78. The van der Waals surface area contributed by atoms with Crippen molar-refractivity contribution in [3.63, 3.8) is 0 Å². The standard InChI is InChI=1S/3C6H8O/c1-4-6(3,7)5-2;2*1-3-6(2)4-5-7/h1,5,7H,2H2,3H3;2*1,4,7H,5H2,2H3/p+1/b;6-4+;6-4-. The SMILES string of the molecule is C#C/C(C)=C/CO.C#C/C(C)=C\CO.C#CC(C)(O)C=C.[H+]. The molecule has 0 spiro atoms. The molecule has 0 aromatic heterocycles. The molecule has 114 valence electrons. The maximum Gasteiger partial charge on any atom is 1.00 e. The number of aliphatic hydroxyl groups is 3. The molecule has 1 atom stereocenters. The monoisotopic (exact) mass is 289 g/mol. The highest BCUT2D eigenvalue weighted by atomic mass is 16.3. The lowest BCUT2D eigenvalue weighted by Crippen LogP contribution is -2.15. The van der Waals surface area contributed by atoms with Gasteiger partial charge < -0.3 is 15.3 Å². The summed E-state index contributed by atoms with van der Waals surface area (Å²) in [5, 5.41) is 25.2. The zero-order valence-corrected chi connectivity index (χ0v) is 12.9. The van der Waals surface area contributed by atoms with Crippen molar-refractivity contribution < 1.29 is 16.7 Å². The maximum absolute atomic E-state index is 8.78. The average Bonchev–Trinajstić information content (AvgIpc) is 2.49. The fourth-order valence-corrected chi connectivity index (χ4v) is 0.451. The van der Waals surface area contributed by atoms with Gasteiger partial charge in [0.2, 0.25) is 0 Å². The Morgan fingerprint density at radius 3 is 1.48 bits per heavy atom. The molecule has 0 aromatic rings. The van der Waals surface area contributed by atoms with E-state index in [2.05, 4.69) is 24.3 Å². The summed E-state index contributed by atoms with van der Waals surface area (Å²) in [6.45, 7) is 8.43. The molecule has 0 amide bonds. The van der Waals surface area contributed by atoms with E-state index in [0.29, 0.717) is 0 Å². The zero-order chi connectivity index (χ0) is 17.3. The fourth-order valence-electron chi connectivity index (χ4n) is 0.451. The quantitative estimate of drug-likeness (QED) is 0.548. The first-order valence-electron chi connectivity index (χ1n) is 6.06. The Hall–Kier alpha value is -2.22. The normalized spacial score (nSPS) is 12.7. The third kappa shape index (κ3) is 23.3. The minimum atomic E-state index is -1.12. The number of rotatable bonds is 3. The second kappa shape index (κ2) is 15.8. The van der Waals surface area contributed by atoms with Crippen LogP contribution in [0.1, 0.15) is 22.2 Å². The molecule has 0 aliphatic heterocycles. The van der Waals surface area contributed by atoms with Crippen molar-refractivity contribution in [1.29, 1.82) is 0 Å². The summed E-state index contributed by atoms with van der Waals surface area (Å²) in [6.07, 6.45) is 19.2. The highest BCUT2D eigenvalue weighted by Crippen LogP contribution is 1.98. The van der Waals surface area contributed by atoms with Crippen molar-refractivity contribution >= 4 is 0 Å². The molecule has 0 heterocycles. The molecule has 21 heavy (non-hydrogen) atoms. The Kier molecular flexibility index (Phi) is 18.0. The van der Waals surface area contributed by atoms with Crippen LogP contribution in [0.2, 0.25) is 0 Å². The summed E-state index contributed by atoms with van der Waals surface area (Å²) in [7, 11) is 0. The third-order valence-corrected chi connectivity index (χ3v) is 1.94. The molecule has 3 nitrogen and oxygen atoms in total. The van der Waals surface area contributed by atoms with Gasteiger partial charge >= 0.3 is 1.43 Å². The van der Waals surface area contributed by atoms with Gasteiger partial charge in [-0.15, -0.1) is 19.3 Å². The van der Waals surface area contributed by atoms with Gasteiger partial charge in [0.1, 0.15) is 5.60 Å². The van der Waals surface area contributed by atoms with E-state index >= 15 is 0 Å². The van der Waals surface area contributed by atoms with Crippen LogP contribution >= 0.6 is 0 Å². The van der Waals surface area contributed by atoms with E-state index in [4.69, 9.17) is 34.6 Å². The lowest BCUT2D eigenvalue weighted by Gasteiger charge is -2.06. The molecule has 0 bridgehead atoms. The Morgan fingerprint density at radius 1 is 1.10 bits per heavy atom. The van der Waals surface area contributed by atoms with Crippen LogP contribution in [-0.2, 0) is 0 Å². The zero-order valence-electron chi connectivity index (χ0n) is 13.9. The molecule has 0 aliphatic rings. The van der Waals surface area contributed by atoms with Gasteiger partial charge in [0.25, 0.3) is 0 Å². The lowest BCUT2D eigenvalue weighted by atomic mass is 10.1. The first-order valence-corrected chi connectivity index (χ1v) is 6.06. The predicted molar refractivity (Wildman–Crippen MR) is 90.1 cm³/mol. The largest absolute Gasteiger partial charge is 1.00 e. The molecular weight excluding hydrogens is 264 g/mol. The van der Waals surface area contributed by atoms with Gasteiger partial charge in [0, 0.05) is 0 Å². The molecule has 0 rings (SSSR count). The first kappa shape index (κ1) is 23.8. The molecular formula is C18H25O3+. The Labute approximate surface area is 130 Å². The number of allylic oxidation sites excluding steroid dienone is 2. The molecule has 3 N–H and O–H groups in total. The van der Waals surface area contributed by atoms with Gasteiger partial charge in [0.05, 0.1) is 13.2 Å². The summed E-state index contributed by atoms with van der Waals surface area (Å²) in [4.78, 5) is 0. The topological polar surface area (TPSA) is 60.7 Å². The minimum Gasteiger partial charge on any atom is -0.392 e. The van der Waals surface area contributed by atoms with E-state index in [-0.39, 0.29) is 14.6 Å². The summed E-state index contributed by atoms with van der Waals surface area (Å²) in [5.74, 6) is 6.86. The Balaban J connectivity index is -0.000000108. The van der Waals surface area contributed by atoms with Gasteiger partial charge in [-0.25, -0.2) is 0 Å². The molecule has 0 saturated carbocycles. The Morgan fingerprint density at radius 2 is 1.43 bits per heavy atom. The summed E-state index contributed by atoms with van der Waals surface area (Å²) in [6, 6.07) is 0. The van der Waals surface area contributed by atoms with Crippen LogP contribution in [0.4, 0.5) is 0 Å². The van der Waals surface area contributed by atoms with E-state index in [1.807, 2.05) is 0 Å². The van der Waals surface area contributed by atoms with Gasteiger partial charge in [-0.1, -0.05) is 24.3 Å². The molecule has 0 saturated heterocycles. The summed E-state index contributed by atoms with van der Waals surface area (Å²) >= 11 is 0. The van der Waals surface area contributed by atoms with Crippen LogP contribution in [-0.4, -0.2) is 34.1 Å². The van der Waals surface area contributed by atoms with Crippen LogP contribution < -0.4 is 0 Å². The molecule has 0 fully saturated rings.